The Morgan fingerprint density at radius 1 is 0.963 bits per heavy atom. The minimum atomic E-state index is -0.201. The number of nitrogens with one attached hydrogen (secondary N) is 1. The molecule has 0 aliphatic rings. The second-order valence-electron chi connectivity index (χ2n) is 6.08. The van der Waals surface area contributed by atoms with Crippen molar-refractivity contribution in [2.45, 2.75) is 13.0 Å². The molecule has 0 spiro atoms. The fourth-order valence-corrected chi connectivity index (χ4v) is 2.95. The number of amides is 2. The molecule has 2 aromatic carbocycles. The Balaban J connectivity index is 1.72. The highest BCUT2D eigenvalue weighted by Gasteiger charge is 2.15. The molecule has 0 aliphatic carbocycles. The van der Waals surface area contributed by atoms with Crippen LogP contribution in [0.3, 0.4) is 0 Å². The van der Waals surface area contributed by atoms with Gasteiger partial charge in [-0.25, -0.2) is 4.79 Å². The van der Waals surface area contributed by atoms with E-state index in [-0.39, 0.29) is 6.03 Å². The van der Waals surface area contributed by atoms with Gasteiger partial charge < -0.3 is 10.2 Å². The van der Waals surface area contributed by atoms with E-state index in [1.165, 1.54) is 5.56 Å². The molecule has 0 atom stereocenters. The summed E-state index contributed by atoms with van der Waals surface area (Å²) in [5, 5.41) is 3.74. The van der Waals surface area contributed by atoms with Crippen molar-refractivity contribution in [3.05, 3.63) is 94.2 Å². The summed E-state index contributed by atoms with van der Waals surface area (Å²) in [5.41, 5.74) is 2.75. The molecule has 0 fully saturated rings. The Bertz CT molecular complexity index is 888. The molecule has 0 aliphatic heterocycles. The number of anilines is 1. The summed E-state index contributed by atoms with van der Waals surface area (Å²) in [6.45, 7) is 1.04. The predicted molar refractivity (Wildman–Crippen MR) is 110 cm³/mol. The Morgan fingerprint density at radius 3 is 2.44 bits per heavy atom. The molecule has 2 amide bonds. The Labute approximate surface area is 168 Å². The van der Waals surface area contributed by atoms with Crippen LogP contribution < -0.4 is 5.32 Å². The first-order valence-electron chi connectivity index (χ1n) is 8.55. The van der Waals surface area contributed by atoms with Gasteiger partial charge in [-0.2, -0.15) is 0 Å². The van der Waals surface area contributed by atoms with Crippen LogP contribution in [0.5, 0.6) is 0 Å². The van der Waals surface area contributed by atoms with Gasteiger partial charge in [-0.3, -0.25) is 4.98 Å². The summed E-state index contributed by atoms with van der Waals surface area (Å²) in [6.07, 6.45) is 4.24. The third kappa shape index (κ3) is 5.71. The molecule has 1 heterocycles. The van der Waals surface area contributed by atoms with E-state index in [1.54, 1.807) is 35.5 Å². The van der Waals surface area contributed by atoms with Crippen LogP contribution >= 0.6 is 23.2 Å². The van der Waals surface area contributed by atoms with Gasteiger partial charge in [0.05, 0.1) is 10.0 Å². The van der Waals surface area contributed by atoms with Crippen LogP contribution in [-0.4, -0.2) is 22.5 Å². The van der Waals surface area contributed by atoms with Gasteiger partial charge in [0, 0.05) is 31.2 Å². The number of urea groups is 1. The van der Waals surface area contributed by atoms with Gasteiger partial charge in [0.1, 0.15) is 0 Å². The Hall–Kier alpha value is -2.56. The van der Waals surface area contributed by atoms with Crippen LogP contribution in [0.2, 0.25) is 10.0 Å². The van der Waals surface area contributed by atoms with Gasteiger partial charge in [-0.15, -0.1) is 0 Å². The summed E-state index contributed by atoms with van der Waals surface area (Å²) >= 11 is 12.0. The van der Waals surface area contributed by atoms with E-state index in [2.05, 4.69) is 22.4 Å². The maximum Gasteiger partial charge on any atom is 0.322 e. The van der Waals surface area contributed by atoms with Gasteiger partial charge in [-0.1, -0.05) is 59.6 Å². The lowest BCUT2D eigenvalue weighted by molar-refractivity contribution is 0.209. The SMILES string of the molecule is O=C(Nc1ccc(Cl)c(Cl)c1)N(CCc1ccccc1)Cc1cccnc1. The molecule has 1 aromatic heterocycles. The van der Waals surface area contributed by atoms with Crippen molar-refractivity contribution in [2.24, 2.45) is 0 Å². The molecule has 6 heteroatoms. The maximum absolute atomic E-state index is 12.9. The highest BCUT2D eigenvalue weighted by atomic mass is 35.5. The van der Waals surface area contributed by atoms with Crippen LogP contribution in [0.15, 0.2) is 73.1 Å². The van der Waals surface area contributed by atoms with Crippen LogP contribution in [0.1, 0.15) is 11.1 Å². The molecule has 138 valence electrons. The third-order valence-electron chi connectivity index (χ3n) is 4.07. The van der Waals surface area contributed by atoms with Gasteiger partial charge in [0.15, 0.2) is 0 Å². The zero-order chi connectivity index (χ0) is 19.1. The Morgan fingerprint density at radius 2 is 1.74 bits per heavy atom. The Kier molecular flexibility index (Phi) is 6.69. The minimum absolute atomic E-state index is 0.201. The molecule has 0 bridgehead atoms. The lowest BCUT2D eigenvalue weighted by Gasteiger charge is -2.23. The quantitative estimate of drug-likeness (QED) is 0.580. The lowest BCUT2D eigenvalue weighted by Crippen LogP contribution is -2.36. The number of rotatable bonds is 6. The average Bonchev–Trinajstić information content (AvgIpc) is 2.69. The lowest BCUT2D eigenvalue weighted by atomic mass is 10.1. The van der Waals surface area contributed by atoms with Crippen molar-refractivity contribution in [3.63, 3.8) is 0 Å². The number of hydrogen-bond acceptors (Lipinski definition) is 2. The average molecular weight is 400 g/mol. The first kappa shape index (κ1) is 19.2. The van der Waals surface area contributed by atoms with Crippen molar-refractivity contribution >= 4 is 34.9 Å². The van der Waals surface area contributed by atoms with E-state index in [1.807, 2.05) is 30.3 Å². The van der Waals surface area contributed by atoms with Gasteiger partial charge >= 0.3 is 6.03 Å². The molecule has 27 heavy (non-hydrogen) atoms. The molecule has 3 rings (SSSR count). The van der Waals surface area contributed by atoms with Crippen molar-refractivity contribution in [1.29, 1.82) is 0 Å². The maximum atomic E-state index is 12.9. The molecule has 0 unspecified atom stereocenters. The van der Waals surface area contributed by atoms with E-state index in [0.717, 1.165) is 12.0 Å². The van der Waals surface area contributed by atoms with Gasteiger partial charge in [0.25, 0.3) is 0 Å². The highest BCUT2D eigenvalue weighted by Crippen LogP contribution is 2.25. The zero-order valence-electron chi connectivity index (χ0n) is 14.6. The van der Waals surface area contributed by atoms with E-state index in [0.29, 0.717) is 28.8 Å². The van der Waals surface area contributed by atoms with E-state index in [4.69, 9.17) is 23.2 Å². The number of hydrogen-bond donors (Lipinski definition) is 1. The normalized spacial score (nSPS) is 10.4. The summed E-state index contributed by atoms with van der Waals surface area (Å²) in [5.74, 6) is 0. The summed E-state index contributed by atoms with van der Waals surface area (Å²) in [7, 11) is 0. The molecule has 1 N–H and O–H groups in total. The van der Waals surface area contributed by atoms with Crippen molar-refractivity contribution in [3.8, 4) is 0 Å². The number of pyridine rings is 1. The monoisotopic (exact) mass is 399 g/mol. The molecular formula is C21H19Cl2N3O. The number of carbonyl (C=O) groups is 1. The fourth-order valence-electron chi connectivity index (χ4n) is 2.65. The number of carbonyl (C=O) groups excluding carboxylic acids is 1. The summed E-state index contributed by atoms with van der Waals surface area (Å²) in [4.78, 5) is 18.7. The minimum Gasteiger partial charge on any atom is -0.320 e. The van der Waals surface area contributed by atoms with Crippen molar-refractivity contribution in [1.82, 2.24) is 9.88 Å². The van der Waals surface area contributed by atoms with E-state index >= 15 is 0 Å². The van der Waals surface area contributed by atoms with Crippen LogP contribution in [0.4, 0.5) is 10.5 Å². The summed E-state index contributed by atoms with van der Waals surface area (Å²) < 4.78 is 0. The first-order chi connectivity index (χ1) is 13.1. The number of aromatic nitrogens is 1. The number of benzene rings is 2. The van der Waals surface area contributed by atoms with Gasteiger partial charge in [-0.05, 0) is 41.8 Å². The van der Waals surface area contributed by atoms with Crippen LogP contribution in [-0.2, 0) is 13.0 Å². The van der Waals surface area contributed by atoms with E-state index < -0.39 is 0 Å². The molecular weight excluding hydrogens is 381 g/mol. The standard InChI is InChI=1S/C21H19Cl2N3O/c22-19-9-8-18(13-20(19)23)25-21(27)26(15-17-7-4-11-24-14-17)12-10-16-5-2-1-3-6-16/h1-9,11,13-14H,10,12,15H2,(H,25,27). The molecule has 4 nitrogen and oxygen atoms in total. The van der Waals surface area contributed by atoms with Gasteiger partial charge in [0.2, 0.25) is 0 Å². The third-order valence-corrected chi connectivity index (χ3v) is 4.81. The molecule has 3 aromatic rings. The highest BCUT2D eigenvalue weighted by molar-refractivity contribution is 6.42. The number of nitrogens with zero attached hydrogens (tertiary/aromatic N) is 2. The van der Waals surface area contributed by atoms with Crippen LogP contribution in [0, 0.1) is 0 Å². The first-order valence-corrected chi connectivity index (χ1v) is 9.31. The summed E-state index contributed by atoms with van der Waals surface area (Å²) in [6, 6.07) is 18.7. The van der Waals surface area contributed by atoms with Crippen molar-refractivity contribution in [2.75, 3.05) is 11.9 Å². The van der Waals surface area contributed by atoms with Crippen molar-refractivity contribution < 1.29 is 4.79 Å². The molecule has 0 radical (unpaired) electrons. The smallest absolute Gasteiger partial charge is 0.320 e. The second-order valence-corrected chi connectivity index (χ2v) is 6.89. The fraction of sp³-hybridized carbons (Fsp3) is 0.143. The number of halogens is 2. The second kappa shape index (κ2) is 9.40. The molecule has 0 saturated carbocycles. The van der Waals surface area contributed by atoms with E-state index in [9.17, 15) is 4.79 Å². The zero-order valence-corrected chi connectivity index (χ0v) is 16.1. The predicted octanol–water partition coefficient (Wildman–Crippen LogP) is 5.67. The van der Waals surface area contributed by atoms with Crippen LogP contribution in [0.25, 0.3) is 0 Å². The molecule has 0 saturated heterocycles. The largest absolute Gasteiger partial charge is 0.322 e. The topological polar surface area (TPSA) is 45.2 Å².